The first-order valence-electron chi connectivity index (χ1n) is 9.82. The van der Waals surface area contributed by atoms with E-state index in [0.29, 0.717) is 23.6 Å². The molecule has 3 atom stereocenters. The number of phenolic OH excluding ortho intramolecular Hbond substituents is 1. The van der Waals surface area contributed by atoms with Gasteiger partial charge in [0.2, 0.25) is 0 Å². The van der Waals surface area contributed by atoms with E-state index in [-0.39, 0.29) is 29.7 Å². The van der Waals surface area contributed by atoms with Crippen molar-refractivity contribution < 1.29 is 18.7 Å². The lowest BCUT2D eigenvalue weighted by atomic mass is 9.75. The number of piperidine rings is 3. The van der Waals surface area contributed by atoms with Crippen molar-refractivity contribution in [3.05, 3.63) is 65.2 Å². The summed E-state index contributed by atoms with van der Waals surface area (Å²) in [6.45, 7) is 2.23. The number of nitrogens with zero attached hydrogens (tertiary/aromatic N) is 2. The lowest BCUT2D eigenvalue weighted by Gasteiger charge is -2.51. The average molecular weight is 384 g/mol. The molecule has 4 saturated heterocycles. The van der Waals surface area contributed by atoms with E-state index in [1.165, 1.54) is 12.1 Å². The highest BCUT2D eigenvalue weighted by Gasteiger charge is 2.55. The average Bonchev–Trinajstić information content (AvgIpc) is 3.13. The van der Waals surface area contributed by atoms with Gasteiger partial charge in [0, 0.05) is 24.1 Å². The molecule has 0 spiro atoms. The fourth-order valence-electron chi connectivity index (χ4n) is 5.54. The summed E-state index contributed by atoms with van der Waals surface area (Å²) < 4.78 is 28.5. The molecule has 4 nitrogen and oxygen atoms in total. The highest BCUT2D eigenvalue weighted by Crippen LogP contribution is 2.47. The number of carbonyl (C=O) groups excluding carboxylic acids is 1. The van der Waals surface area contributed by atoms with Gasteiger partial charge in [0.05, 0.1) is 6.04 Å². The number of benzene rings is 2. The normalized spacial score (nSPS) is 31.1. The van der Waals surface area contributed by atoms with E-state index in [1.54, 1.807) is 24.3 Å². The smallest absolute Gasteiger partial charge is 0.254 e. The molecule has 1 amide bonds. The maximum atomic E-state index is 14.6. The molecule has 0 radical (unpaired) electrons. The van der Waals surface area contributed by atoms with Crippen LogP contribution < -0.4 is 0 Å². The van der Waals surface area contributed by atoms with Gasteiger partial charge in [-0.15, -0.1) is 0 Å². The van der Waals surface area contributed by atoms with Gasteiger partial charge in [0.15, 0.2) is 11.6 Å². The number of phenols is 1. The molecule has 6 rings (SSSR count). The molecular formula is C22H22F2N2O2. The monoisotopic (exact) mass is 384 g/mol. The maximum Gasteiger partial charge on any atom is 0.254 e. The quantitative estimate of drug-likeness (QED) is 0.863. The second kappa shape index (κ2) is 6.55. The number of amides is 1. The summed E-state index contributed by atoms with van der Waals surface area (Å²) in [5.41, 5.74) is 0.782. The minimum Gasteiger partial charge on any atom is -0.508 e. The van der Waals surface area contributed by atoms with Crippen molar-refractivity contribution in [2.24, 2.45) is 5.92 Å². The topological polar surface area (TPSA) is 43.8 Å². The van der Waals surface area contributed by atoms with Crippen molar-refractivity contribution in [1.29, 1.82) is 0 Å². The molecule has 4 fully saturated rings. The fraction of sp³-hybridized carbons (Fsp3) is 0.409. The van der Waals surface area contributed by atoms with Gasteiger partial charge in [-0.25, -0.2) is 8.78 Å². The fourth-order valence-corrected chi connectivity index (χ4v) is 5.54. The van der Waals surface area contributed by atoms with E-state index in [2.05, 4.69) is 4.90 Å². The van der Waals surface area contributed by atoms with Crippen LogP contribution in [-0.4, -0.2) is 52.5 Å². The number of aromatic hydroxyl groups is 1. The summed E-state index contributed by atoms with van der Waals surface area (Å²) in [6, 6.07) is 10.6. The van der Waals surface area contributed by atoms with Crippen LogP contribution in [0.3, 0.4) is 0 Å². The summed E-state index contributed by atoms with van der Waals surface area (Å²) in [5, 5.41) is 9.77. The highest BCUT2D eigenvalue weighted by molar-refractivity contribution is 5.95. The van der Waals surface area contributed by atoms with Crippen molar-refractivity contribution in [3.8, 4) is 5.75 Å². The molecular weight excluding hydrogens is 362 g/mol. The SMILES string of the molecule is O=C(c1cccc(O)c1)N1C[C@@H](c2cccc(F)c2F)[C@@H]2[C@H]1C1CCN2CC1. The molecule has 2 bridgehead atoms. The zero-order valence-electron chi connectivity index (χ0n) is 15.4. The van der Waals surface area contributed by atoms with E-state index in [4.69, 9.17) is 0 Å². The third-order valence-corrected chi connectivity index (χ3v) is 6.73. The molecule has 6 heteroatoms. The molecule has 28 heavy (non-hydrogen) atoms. The Balaban J connectivity index is 1.56. The molecule has 146 valence electrons. The van der Waals surface area contributed by atoms with Gasteiger partial charge in [0.25, 0.3) is 5.91 Å². The van der Waals surface area contributed by atoms with Gasteiger partial charge in [-0.05, 0) is 61.7 Å². The lowest BCUT2D eigenvalue weighted by Crippen LogP contribution is -2.60. The second-order valence-corrected chi connectivity index (χ2v) is 8.11. The molecule has 0 saturated carbocycles. The lowest BCUT2D eigenvalue weighted by molar-refractivity contribution is -0.00360. The van der Waals surface area contributed by atoms with Gasteiger partial charge in [-0.3, -0.25) is 9.69 Å². The minimum absolute atomic E-state index is 0.00468. The van der Waals surface area contributed by atoms with Gasteiger partial charge in [-0.1, -0.05) is 18.2 Å². The van der Waals surface area contributed by atoms with Crippen molar-refractivity contribution >= 4 is 5.91 Å². The molecule has 0 aromatic heterocycles. The number of hydrogen-bond donors (Lipinski definition) is 1. The largest absolute Gasteiger partial charge is 0.508 e. The summed E-state index contributed by atoms with van der Waals surface area (Å²) in [4.78, 5) is 17.5. The van der Waals surface area contributed by atoms with Crippen LogP contribution in [0.15, 0.2) is 42.5 Å². The Morgan fingerprint density at radius 2 is 1.79 bits per heavy atom. The Morgan fingerprint density at radius 1 is 1.04 bits per heavy atom. The van der Waals surface area contributed by atoms with Gasteiger partial charge >= 0.3 is 0 Å². The Morgan fingerprint density at radius 3 is 2.54 bits per heavy atom. The first-order valence-corrected chi connectivity index (χ1v) is 9.82. The molecule has 0 aliphatic carbocycles. The van der Waals surface area contributed by atoms with E-state index < -0.39 is 11.6 Å². The number of likely N-dealkylation sites (tertiary alicyclic amines) is 1. The summed E-state index contributed by atoms with van der Waals surface area (Å²) in [7, 11) is 0. The Hall–Kier alpha value is -2.47. The van der Waals surface area contributed by atoms with Gasteiger partial charge in [0.1, 0.15) is 5.75 Å². The second-order valence-electron chi connectivity index (χ2n) is 8.11. The predicted molar refractivity (Wildman–Crippen MR) is 100 cm³/mol. The molecule has 4 heterocycles. The van der Waals surface area contributed by atoms with Crippen LogP contribution in [0.5, 0.6) is 5.75 Å². The number of rotatable bonds is 2. The van der Waals surface area contributed by atoms with Crippen molar-refractivity contribution in [3.63, 3.8) is 0 Å². The molecule has 1 N–H and O–H groups in total. The Kier molecular flexibility index (Phi) is 4.12. The van der Waals surface area contributed by atoms with Crippen LogP contribution >= 0.6 is 0 Å². The standard InChI is InChI=1S/C22H22F2N2O2/c23-18-6-2-5-16(19(18)24)17-12-26(22(28)14-3-1-4-15(27)11-14)20-13-7-9-25(10-8-13)21(17)20/h1-6,11,13,17,20-21,27H,7-10,12H2/t17-,20+,21+/m0/s1. The third kappa shape index (κ3) is 2.62. The zero-order valence-corrected chi connectivity index (χ0v) is 15.4. The molecule has 0 unspecified atom stereocenters. The van der Waals surface area contributed by atoms with E-state index in [9.17, 15) is 18.7 Å². The van der Waals surface area contributed by atoms with E-state index >= 15 is 0 Å². The molecule has 4 aliphatic heterocycles. The van der Waals surface area contributed by atoms with Crippen LogP contribution in [0.2, 0.25) is 0 Å². The van der Waals surface area contributed by atoms with Crippen molar-refractivity contribution in [2.45, 2.75) is 30.8 Å². The number of halogens is 2. The summed E-state index contributed by atoms with van der Waals surface area (Å²) >= 11 is 0. The van der Waals surface area contributed by atoms with Crippen molar-refractivity contribution in [1.82, 2.24) is 9.80 Å². The summed E-state index contributed by atoms with van der Waals surface area (Å²) in [6.07, 6.45) is 2.03. The van der Waals surface area contributed by atoms with E-state index in [0.717, 1.165) is 32.0 Å². The number of hydrogen-bond acceptors (Lipinski definition) is 3. The van der Waals surface area contributed by atoms with Gasteiger partial charge in [-0.2, -0.15) is 0 Å². The first-order chi connectivity index (χ1) is 13.5. The highest BCUT2D eigenvalue weighted by atomic mass is 19.2. The third-order valence-electron chi connectivity index (χ3n) is 6.73. The van der Waals surface area contributed by atoms with Crippen LogP contribution in [0.1, 0.15) is 34.7 Å². The first kappa shape index (κ1) is 17.6. The van der Waals surface area contributed by atoms with Crippen LogP contribution in [-0.2, 0) is 0 Å². The van der Waals surface area contributed by atoms with Crippen LogP contribution in [0, 0.1) is 17.6 Å². The minimum atomic E-state index is -0.845. The molecule has 4 aliphatic rings. The molecule has 2 aromatic carbocycles. The Bertz CT molecular complexity index is 927. The summed E-state index contributed by atoms with van der Waals surface area (Å²) in [5.74, 6) is -1.64. The van der Waals surface area contributed by atoms with Gasteiger partial charge < -0.3 is 10.0 Å². The Labute approximate surface area is 162 Å². The maximum absolute atomic E-state index is 14.6. The number of carbonyl (C=O) groups is 1. The van der Waals surface area contributed by atoms with E-state index in [1.807, 2.05) is 4.90 Å². The van der Waals surface area contributed by atoms with Crippen LogP contribution in [0.25, 0.3) is 0 Å². The van der Waals surface area contributed by atoms with Crippen LogP contribution in [0.4, 0.5) is 8.78 Å². The van der Waals surface area contributed by atoms with Crippen molar-refractivity contribution in [2.75, 3.05) is 19.6 Å². The molecule has 2 aromatic rings. The number of fused-ring (bicyclic) bond motifs is 2. The zero-order chi connectivity index (χ0) is 19.4. The predicted octanol–water partition coefficient (Wildman–Crippen LogP) is 3.37.